The molecule has 0 spiro atoms. The van der Waals surface area contributed by atoms with Crippen LogP contribution in [-0.4, -0.2) is 42.6 Å². The zero-order valence-corrected chi connectivity index (χ0v) is 12.6. The predicted molar refractivity (Wildman–Crippen MR) is 81.0 cm³/mol. The maximum absolute atomic E-state index is 11.4. The summed E-state index contributed by atoms with van der Waals surface area (Å²) >= 11 is 0. The van der Waals surface area contributed by atoms with Crippen LogP contribution < -0.4 is 16.0 Å². The van der Waals surface area contributed by atoms with Gasteiger partial charge in [-0.15, -0.1) is 0 Å². The van der Waals surface area contributed by atoms with Crippen LogP contribution in [-0.2, 0) is 16.1 Å². The van der Waals surface area contributed by atoms with E-state index >= 15 is 0 Å². The molecule has 2 heterocycles. The Morgan fingerprint density at radius 1 is 1.57 bits per heavy atom. The molecular formula is C14H23N5O2. The summed E-state index contributed by atoms with van der Waals surface area (Å²) in [6.07, 6.45) is 1.79. The molecule has 2 rings (SSSR count). The van der Waals surface area contributed by atoms with Gasteiger partial charge in [0, 0.05) is 32.8 Å². The highest BCUT2D eigenvalue weighted by molar-refractivity contribution is 5.77. The summed E-state index contributed by atoms with van der Waals surface area (Å²) in [5.74, 6) is 1.85. The van der Waals surface area contributed by atoms with Gasteiger partial charge in [-0.1, -0.05) is 0 Å². The van der Waals surface area contributed by atoms with Gasteiger partial charge in [0.25, 0.3) is 0 Å². The number of aromatic nitrogens is 2. The number of primary amides is 1. The average molecular weight is 293 g/mol. The Hall–Kier alpha value is -1.89. The quantitative estimate of drug-likeness (QED) is 0.804. The Balaban J connectivity index is 2.18. The van der Waals surface area contributed by atoms with Crippen LogP contribution in [0.4, 0.5) is 11.6 Å². The lowest BCUT2D eigenvalue weighted by molar-refractivity contribution is -0.122. The topological polar surface area (TPSA) is 93.4 Å². The average Bonchev–Trinajstić information content (AvgIpc) is 2.52. The normalized spacial score (nSPS) is 18.6. The minimum absolute atomic E-state index is 0.109. The zero-order valence-electron chi connectivity index (χ0n) is 12.6. The van der Waals surface area contributed by atoms with Crippen molar-refractivity contribution in [3.63, 3.8) is 0 Å². The highest BCUT2D eigenvalue weighted by Crippen LogP contribution is 2.23. The third kappa shape index (κ3) is 4.04. The Morgan fingerprint density at radius 3 is 3.05 bits per heavy atom. The SMILES string of the molecule is CCOCc1nc(NC)cc(N2CCCC(C(N)=O)C2)n1. The number of piperidine rings is 1. The van der Waals surface area contributed by atoms with Crippen molar-refractivity contribution in [3.05, 3.63) is 11.9 Å². The first-order valence-corrected chi connectivity index (χ1v) is 7.31. The molecule has 1 aliphatic rings. The minimum Gasteiger partial charge on any atom is -0.374 e. The Morgan fingerprint density at radius 2 is 2.38 bits per heavy atom. The molecule has 1 saturated heterocycles. The summed E-state index contributed by atoms with van der Waals surface area (Å²) in [5, 5.41) is 3.03. The first kappa shape index (κ1) is 15.5. The third-order valence-electron chi connectivity index (χ3n) is 3.60. The number of ether oxygens (including phenoxy) is 1. The van der Waals surface area contributed by atoms with E-state index in [4.69, 9.17) is 10.5 Å². The molecule has 116 valence electrons. The summed E-state index contributed by atoms with van der Waals surface area (Å²) in [6, 6.07) is 1.89. The van der Waals surface area contributed by atoms with Gasteiger partial charge in [0.15, 0.2) is 5.82 Å². The van der Waals surface area contributed by atoms with Crippen LogP contribution in [0.3, 0.4) is 0 Å². The number of amides is 1. The molecule has 7 nitrogen and oxygen atoms in total. The van der Waals surface area contributed by atoms with Gasteiger partial charge in [0.1, 0.15) is 18.2 Å². The van der Waals surface area contributed by atoms with Crippen LogP contribution in [0.2, 0.25) is 0 Å². The molecule has 0 aromatic carbocycles. The highest BCUT2D eigenvalue weighted by atomic mass is 16.5. The smallest absolute Gasteiger partial charge is 0.222 e. The van der Waals surface area contributed by atoms with E-state index in [0.717, 1.165) is 31.0 Å². The van der Waals surface area contributed by atoms with Crippen LogP contribution in [0.5, 0.6) is 0 Å². The fraction of sp³-hybridized carbons (Fsp3) is 0.643. The van der Waals surface area contributed by atoms with Crippen molar-refractivity contribution in [1.82, 2.24) is 9.97 Å². The molecule has 1 amide bonds. The first-order chi connectivity index (χ1) is 10.1. The first-order valence-electron chi connectivity index (χ1n) is 7.31. The molecule has 0 saturated carbocycles. The van der Waals surface area contributed by atoms with Gasteiger partial charge >= 0.3 is 0 Å². The molecule has 0 aliphatic carbocycles. The lowest BCUT2D eigenvalue weighted by Gasteiger charge is -2.32. The van der Waals surface area contributed by atoms with Crippen LogP contribution in [0.1, 0.15) is 25.6 Å². The molecule has 21 heavy (non-hydrogen) atoms. The van der Waals surface area contributed by atoms with Crippen molar-refractivity contribution in [3.8, 4) is 0 Å². The third-order valence-corrected chi connectivity index (χ3v) is 3.60. The summed E-state index contributed by atoms with van der Waals surface area (Å²) in [4.78, 5) is 22.4. The number of hydrogen-bond donors (Lipinski definition) is 2. The molecule has 0 bridgehead atoms. The lowest BCUT2D eigenvalue weighted by Crippen LogP contribution is -2.41. The van der Waals surface area contributed by atoms with Crippen molar-refractivity contribution in [1.29, 1.82) is 0 Å². The molecular weight excluding hydrogens is 270 g/mol. The molecule has 1 unspecified atom stereocenters. The molecule has 1 aromatic rings. The van der Waals surface area contributed by atoms with Gasteiger partial charge in [-0.3, -0.25) is 4.79 Å². The number of hydrogen-bond acceptors (Lipinski definition) is 6. The van der Waals surface area contributed by atoms with Crippen molar-refractivity contribution in [2.45, 2.75) is 26.4 Å². The van der Waals surface area contributed by atoms with E-state index in [0.29, 0.717) is 25.6 Å². The van der Waals surface area contributed by atoms with Crippen LogP contribution >= 0.6 is 0 Å². The fourth-order valence-corrected chi connectivity index (χ4v) is 2.45. The van der Waals surface area contributed by atoms with E-state index in [1.165, 1.54) is 0 Å². The molecule has 1 atom stereocenters. The van der Waals surface area contributed by atoms with Gasteiger partial charge in [-0.2, -0.15) is 0 Å². The number of rotatable bonds is 6. The van der Waals surface area contributed by atoms with E-state index in [9.17, 15) is 4.79 Å². The maximum Gasteiger partial charge on any atom is 0.222 e. The van der Waals surface area contributed by atoms with Crippen molar-refractivity contribution in [2.24, 2.45) is 11.7 Å². The Labute approximate surface area is 124 Å². The van der Waals surface area contributed by atoms with Gasteiger partial charge in [-0.25, -0.2) is 9.97 Å². The summed E-state index contributed by atoms with van der Waals surface area (Å²) in [6.45, 7) is 4.43. The molecule has 7 heteroatoms. The highest BCUT2D eigenvalue weighted by Gasteiger charge is 2.25. The van der Waals surface area contributed by atoms with E-state index < -0.39 is 0 Å². The fourth-order valence-electron chi connectivity index (χ4n) is 2.45. The Kier molecular flexibility index (Phi) is 5.32. The van der Waals surface area contributed by atoms with Gasteiger partial charge in [0.2, 0.25) is 5.91 Å². The van der Waals surface area contributed by atoms with E-state index in [1.807, 2.05) is 20.0 Å². The molecule has 3 N–H and O–H groups in total. The van der Waals surface area contributed by atoms with Crippen LogP contribution in [0.15, 0.2) is 6.07 Å². The standard InChI is InChI=1S/C14H23N5O2/c1-3-21-9-12-17-11(16-2)7-13(18-12)19-6-4-5-10(8-19)14(15)20/h7,10H,3-6,8-9H2,1-2H3,(H2,15,20)(H,16,17,18). The molecule has 0 radical (unpaired) electrons. The molecule has 1 fully saturated rings. The van der Waals surface area contributed by atoms with E-state index in [2.05, 4.69) is 20.2 Å². The van der Waals surface area contributed by atoms with E-state index in [-0.39, 0.29) is 11.8 Å². The zero-order chi connectivity index (χ0) is 15.2. The summed E-state index contributed by atoms with van der Waals surface area (Å²) in [5.41, 5.74) is 5.43. The second kappa shape index (κ2) is 7.21. The van der Waals surface area contributed by atoms with Crippen molar-refractivity contribution in [2.75, 3.05) is 37.0 Å². The van der Waals surface area contributed by atoms with Gasteiger partial charge < -0.3 is 20.7 Å². The molecule has 1 aromatic heterocycles. The number of nitrogens with zero attached hydrogens (tertiary/aromatic N) is 3. The summed E-state index contributed by atoms with van der Waals surface area (Å²) < 4.78 is 5.38. The van der Waals surface area contributed by atoms with Crippen molar-refractivity contribution >= 4 is 17.5 Å². The number of nitrogens with one attached hydrogen (secondary N) is 1. The Bertz CT molecular complexity index is 494. The lowest BCUT2D eigenvalue weighted by atomic mass is 9.97. The van der Waals surface area contributed by atoms with Crippen LogP contribution in [0, 0.1) is 5.92 Å². The summed E-state index contributed by atoms with van der Waals surface area (Å²) in [7, 11) is 1.82. The monoisotopic (exact) mass is 293 g/mol. The minimum atomic E-state index is -0.239. The number of nitrogens with two attached hydrogens (primary N) is 1. The second-order valence-electron chi connectivity index (χ2n) is 5.10. The van der Waals surface area contributed by atoms with E-state index in [1.54, 1.807) is 0 Å². The predicted octanol–water partition coefficient (Wildman–Crippen LogP) is 0.757. The number of anilines is 2. The van der Waals surface area contributed by atoms with Gasteiger partial charge in [0.05, 0.1) is 5.92 Å². The number of carbonyl (C=O) groups excluding carboxylic acids is 1. The largest absolute Gasteiger partial charge is 0.374 e. The van der Waals surface area contributed by atoms with Crippen LogP contribution in [0.25, 0.3) is 0 Å². The van der Waals surface area contributed by atoms with Crippen molar-refractivity contribution < 1.29 is 9.53 Å². The number of carbonyl (C=O) groups is 1. The maximum atomic E-state index is 11.4. The second-order valence-corrected chi connectivity index (χ2v) is 5.10. The van der Waals surface area contributed by atoms with Gasteiger partial charge in [-0.05, 0) is 19.8 Å². The molecule has 1 aliphatic heterocycles.